The molecule has 0 radical (unpaired) electrons. The molecular weight excluding hydrogens is 226 g/mol. The lowest BCUT2D eigenvalue weighted by atomic mass is 10.0. The molecule has 1 aromatic carbocycles. The fourth-order valence-electron chi connectivity index (χ4n) is 2.69. The number of hydrogen-bond donors (Lipinski definition) is 1. The molecule has 1 N–H and O–H groups in total. The number of fused-ring (bicyclic) bond motifs is 3. The lowest BCUT2D eigenvalue weighted by molar-refractivity contribution is 0.0526. The van der Waals surface area contributed by atoms with Gasteiger partial charge in [-0.15, -0.1) is 0 Å². The van der Waals surface area contributed by atoms with Gasteiger partial charge in [-0.05, 0) is 25.0 Å². The number of benzene rings is 1. The zero-order chi connectivity index (χ0) is 12.7. The van der Waals surface area contributed by atoms with Gasteiger partial charge in [0.2, 0.25) is 0 Å². The Bertz CT molecular complexity index is 625. The van der Waals surface area contributed by atoms with Crippen molar-refractivity contribution < 1.29 is 9.53 Å². The van der Waals surface area contributed by atoms with Crippen LogP contribution < -0.4 is 0 Å². The molecule has 0 unspecified atom stereocenters. The summed E-state index contributed by atoms with van der Waals surface area (Å²) in [6, 6.07) is 8.21. The van der Waals surface area contributed by atoms with Crippen LogP contribution in [-0.4, -0.2) is 17.6 Å². The molecule has 0 saturated heterocycles. The summed E-state index contributed by atoms with van der Waals surface area (Å²) in [5, 5.41) is 0. The zero-order valence-corrected chi connectivity index (χ0v) is 10.5. The average molecular weight is 241 g/mol. The van der Waals surface area contributed by atoms with E-state index in [-0.39, 0.29) is 5.97 Å². The normalized spacial score (nSPS) is 12.1. The van der Waals surface area contributed by atoms with E-state index in [1.54, 1.807) is 0 Å². The minimum absolute atomic E-state index is 0.232. The summed E-state index contributed by atoms with van der Waals surface area (Å²) >= 11 is 0. The topological polar surface area (TPSA) is 42.1 Å². The molecule has 0 aliphatic heterocycles. The monoisotopic (exact) mass is 241 g/mol. The Labute approximate surface area is 106 Å². The van der Waals surface area contributed by atoms with Crippen LogP contribution in [0.3, 0.4) is 0 Å². The van der Waals surface area contributed by atoms with Gasteiger partial charge in [0.15, 0.2) is 0 Å². The molecule has 92 valence electrons. The Kier molecular flexibility index (Phi) is 2.47. The van der Waals surface area contributed by atoms with Gasteiger partial charge in [0.05, 0.1) is 12.2 Å². The van der Waals surface area contributed by atoms with Crippen LogP contribution in [0.1, 0.15) is 34.2 Å². The third-order valence-electron chi connectivity index (χ3n) is 3.40. The van der Waals surface area contributed by atoms with Gasteiger partial charge in [0.1, 0.15) is 0 Å². The van der Waals surface area contributed by atoms with Gasteiger partial charge in [0.25, 0.3) is 0 Å². The van der Waals surface area contributed by atoms with Gasteiger partial charge < -0.3 is 9.72 Å². The Morgan fingerprint density at radius 1 is 1.39 bits per heavy atom. The Balaban J connectivity index is 2.17. The van der Waals surface area contributed by atoms with E-state index in [4.69, 9.17) is 4.74 Å². The fraction of sp³-hybridized carbons (Fsp3) is 0.267. The predicted octanol–water partition coefficient (Wildman–Crippen LogP) is 3.07. The maximum atomic E-state index is 12.1. The van der Waals surface area contributed by atoms with Crippen molar-refractivity contribution in [2.24, 2.45) is 0 Å². The molecule has 3 heteroatoms. The molecule has 0 bridgehead atoms. The standard InChI is InChI=1S/C15H15NO2/c1-3-18-15(17)13-9(2)16-12-8-10-6-4-5-7-11(10)14(12)13/h4-7,16H,3,8H2,1-2H3. The van der Waals surface area contributed by atoms with Crippen LogP contribution >= 0.6 is 0 Å². The largest absolute Gasteiger partial charge is 0.462 e. The van der Waals surface area contributed by atoms with Crippen LogP contribution in [0.2, 0.25) is 0 Å². The molecule has 3 nitrogen and oxygen atoms in total. The van der Waals surface area contributed by atoms with Gasteiger partial charge in [-0.1, -0.05) is 24.3 Å². The first-order valence-corrected chi connectivity index (χ1v) is 6.19. The lowest BCUT2D eigenvalue weighted by Gasteiger charge is -2.05. The van der Waals surface area contributed by atoms with Crippen molar-refractivity contribution in [1.82, 2.24) is 4.98 Å². The number of ether oxygens (including phenoxy) is 1. The number of aromatic amines is 1. The zero-order valence-electron chi connectivity index (χ0n) is 10.5. The number of carbonyl (C=O) groups is 1. The quantitative estimate of drug-likeness (QED) is 0.700. The van der Waals surface area contributed by atoms with Crippen molar-refractivity contribution in [3.63, 3.8) is 0 Å². The Morgan fingerprint density at radius 3 is 2.94 bits per heavy atom. The van der Waals surface area contributed by atoms with Crippen LogP contribution in [0.5, 0.6) is 0 Å². The summed E-state index contributed by atoms with van der Waals surface area (Å²) < 4.78 is 5.15. The van der Waals surface area contributed by atoms with Crippen LogP contribution in [-0.2, 0) is 11.2 Å². The molecule has 1 heterocycles. The highest BCUT2D eigenvalue weighted by atomic mass is 16.5. The molecule has 2 aromatic rings. The van der Waals surface area contributed by atoms with Crippen molar-refractivity contribution in [3.8, 4) is 11.1 Å². The van der Waals surface area contributed by atoms with E-state index in [0.29, 0.717) is 12.2 Å². The van der Waals surface area contributed by atoms with Gasteiger partial charge in [-0.2, -0.15) is 0 Å². The maximum absolute atomic E-state index is 12.1. The number of carbonyl (C=O) groups excluding carboxylic acids is 1. The predicted molar refractivity (Wildman–Crippen MR) is 69.7 cm³/mol. The van der Waals surface area contributed by atoms with E-state index in [2.05, 4.69) is 17.1 Å². The molecule has 0 spiro atoms. The Morgan fingerprint density at radius 2 is 2.17 bits per heavy atom. The first kappa shape index (κ1) is 11.1. The van der Waals surface area contributed by atoms with Gasteiger partial charge in [0, 0.05) is 23.4 Å². The SMILES string of the molecule is CCOC(=O)c1c(C)[nH]c2c1-c1ccccc1C2. The second-order valence-corrected chi connectivity index (χ2v) is 4.53. The number of aromatic nitrogens is 1. The highest BCUT2D eigenvalue weighted by molar-refractivity contribution is 6.01. The number of rotatable bonds is 2. The first-order chi connectivity index (χ1) is 8.72. The third kappa shape index (κ3) is 1.47. The van der Waals surface area contributed by atoms with E-state index in [1.807, 2.05) is 26.0 Å². The highest BCUT2D eigenvalue weighted by Crippen LogP contribution is 2.40. The highest BCUT2D eigenvalue weighted by Gasteiger charge is 2.28. The molecule has 3 rings (SSSR count). The second kappa shape index (κ2) is 4.02. The van der Waals surface area contributed by atoms with Gasteiger partial charge in [-0.25, -0.2) is 4.79 Å². The van der Waals surface area contributed by atoms with Gasteiger partial charge >= 0.3 is 5.97 Å². The third-order valence-corrected chi connectivity index (χ3v) is 3.40. The average Bonchev–Trinajstić information content (AvgIpc) is 2.83. The summed E-state index contributed by atoms with van der Waals surface area (Å²) in [5.41, 5.74) is 6.16. The molecule has 0 atom stereocenters. The number of esters is 1. The smallest absolute Gasteiger partial charge is 0.340 e. The van der Waals surface area contributed by atoms with Crippen molar-refractivity contribution >= 4 is 5.97 Å². The molecule has 1 aromatic heterocycles. The maximum Gasteiger partial charge on any atom is 0.340 e. The van der Waals surface area contributed by atoms with Crippen LogP contribution in [0, 0.1) is 6.92 Å². The molecule has 1 aliphatic carbocycles. The van der Waals surface area contributed by atoms with E-state index < -0.39 is 0 Å². The summed E-state index contributed by atoms with van der Waals surface area (Å²) in [6.45, 7) is 4.15. The minimum atomic E-state index is -0.232. The second-order valence-electron chi connectivity index (χ2n) is 4.53. The van der Waals surface area contributed by atoms with Crippen molar-refractivity contribution in [3.05, 3.63) is 46.8 Å². The van der Waals surface area contributed by atoms with Crippen molar-refractivity contribution in [2.75, 3.05) is 6.61 Å². The molecule has 0 saturated carbocycles. The van der Waals surface area contributed by atoms with Crippen LogP contribution in [0.4, 0.5) is 0 Å². The van der Waals surface area contributed by atoms with Crippen LogP contribution in [0.15, 0.2) is 24.3 Å². The molecule has 18 heavy (non-hydrogen) atoms. The minimum Gasteiger partial charge on any atom is -0.462 e. The van der Waals surface area contributed by atoms with E-state index in [1.165, 1.54) is 5.56 Å². The lowest BCUT2D eigenvalue weighted by Crippen LogP contribution is -2.06. The Hall–Kier alpha value is -2.03. The first-order valence-electron chi connectivity index (χ1n) is 6.19. The number of nitrogens with one attached hydrogen (secondary N) is 1. The molecular formula is C15H15NO2. The number of aryl methyl sites for hydroxylation is 1. The molecule has 1 aliphatic rings. The summed E-state index contributed by atoms with van der Waals surface area (Å²) in [5.74, 6) is -0.232. The van der Waals surface area contributed by atoms with Crippen molar-refractivity contribution in [2.45, 2.75) is 20.3 Å². The summed E-state index contributed by atoms with van der Waals surface area (Å²) in [7, 11) is 0. The van der Waals surface area contributed by atoms with Gasteiger partial charge in [-0.3, -0.25) is 0 Å². The number of hydrogen-bond acceptors (Lipinski definition) is 2. The van der Waals surface area contributed by atoms with E-state index in [9.17, 15) is 4.79 Å². The summed E-state index contributed by atoms with van der Waals surface area (Å²) in [4.78, 5) is 15.4. The number of H-pyrrole nitrogens is 1. The van der Waals surface area contributed by atoms with E-state index >= 15 is 0 Å². The van der Waals surface area contributed by atoms with Crippen molar-refractivity contribution in [1.29, 1.82) is 0 Å². The summed E-state index contributed by atoms with van der Waals surface area (Å²) in [6.07, 6.45) is 0.867. The molecule has 0 amide bonds. The molecule has 0 fully saturated rings. The van der Waals surface area contributed by atoms with E-state index in [0.717, 1.165) is 28.9 Å². The van der Waals surface area contributed by atoms with Crippen LogP contribution in [0.25, 0.3) is 11.1 Å². The fourth-order valence-corrected chi connectivity index (χ4v) is 2.69.